The number of hydrogen-bond donors (Lipinski definition) is 1. The van der Waals surface area contributed by atoms with Crippen molar-refractivity contribution >= 4 is 11.6 Å². The van der Waals surface area contributed by atoms with Crippen LogP contribution in [0.3, 0.4) is 0 Å². The van der Waals surface area contributed by atoms with E-state index in [1.807, 2.05) is 0 Å². The molecule has 2 aromatic rings. The van der Waals surface area contributed by atoms with Gasteiger partial charge >= 0.3 is 0 Å². The van der Waals surface area contributed by atoms with Crippen LogP contribution in [0.2, 0.25) is 0 Å². The number of carbonyl (C=O) groups is 1. The topological polar surface area (TPSA) is 40.5 Å². The lowest BCUT2D eigenvalue weighted by Crippen LogP contribution is -2.27. The second-order valence-corrected chi connectivity index (χ2v) is 4.23. The summed E-state index contributed by atoms with van der Waals surface area (Å²) >= 11 is 0. The van der Waals surface area contributed by atoms with Crippen LogP contribution in [0.1, 0.15) is 22.1 Å². The molecule has 0 saturated carbocycles. The van der Waals surface area contributed by atoms with Crippen molar-refractivity contribution in [1.29, 1.82) is 0 Å². The number of nitrogens with zero attached hydrogens (tertiary/aromatic N) is 1. The van der Waals surface area contributed by atoms with Gasteiger partial charge in [-0.2, -0.15) is 0 Å². The van der Waals surface area contributed by atoms with Gasteiger partial charge in [0.15, 0.2) is 17.9 Å². The first kappa shape index (κ1) is 11.8. The van der Waals surface area contributed by atoms with E-state index in [0.717, 1.165) is 17.0 Å². The average molecular weight is 261 g/mol. The lowest BCUT2D eigenvalue weighted by atomic mass is 10.1. The summed E-state index contributed by atoms with van der Waals surface area (Å²) in [5.74, 6) is -2.50. The fourth-order valence-corrected chi connectivity index (χ4v) is 2.19. The SMILES string of the molecule is O=C1c2ccccc2C(O)N1c1ccc(F)c(F)c1. The summed E-state index contributed by atoms with van der Waals surface area (Å²) in [6, 6.07) is 9.65. The Morgan fingerprint density at radius 1 is 1.05 bits per heavy atom. The molecule has 0 fully saturated rings. The third-order valence-corrected chi connectivity index (χ3v) is 3.11. The van der Waals surface area contributed by atoms with Gasteiger partial charge in [-0.25, -0.2) is 8.78 Å². The molecule has 1 amide bonds. The molecule has 0 spiro atoms. The zero-order chi connectivity index (χ0) is 13.6. The Labute approximate surface area is 107 Å². The fraction of sp³-hybridized carbons (Fsp3) is 0.0714. The molecule has 3 nitrogen and oxygen atoms in total. The van der Waals surface area contributed by atoms with Crippen molar-refractivity contribution in [1.82, 2.24) is 0 Å². The minimum absolute atomic E-state index is 0.118. The van der Waals surface area contributed by atoms with E-state index in [9.17, 15) is 18.7 Å². The number of rotatable bonds is 1. The minimum Gasteiger partial charge on any atom is -0.369 e. The number of anilines is 1. The third kappa shape index (κ3) is 1.70. The van der Waals surface area contributed by atoms with E-state index in [4.69, 9.17) is 0 Å². The molecule has 0 aliphatic carbocycles. The lowest BCUT2D eigenvalue weighted by molar-refractivity contribution is 0.0935. The second kappa shape index (κ2) is 4.13. The minimum atomic E-state index is -1.19. The molecule has 0 bridgehead atoms. The van der Waals surface area contributed by atoms with E-state index in [1.165, 1.54) is 6.07 Å². The predicted molar refractivity (Wildman–Crippen MR) is 64.6 cm³/mol. The van der Waals surface area contributed by atoms with E-state index in [-0.39, 0.29) is 5.69 Å². The number of carbonyl (C=O) groups excluding carboxylic acids is 1. The van der Waals surface area contributed by atoms with E-state index in [1.54, 1.807) is 24.3 Å². The highest BCUT2D eigenvalue weighted by atomic mass is 19.2. The number of benzene rings is 2. The molecule has 19 heavy (non-hydrogen) atoms. The van der Waals surface area contributed by atoms with Crippen LogP contribution < -0.4 is 4.90 Å². The first-order chi connectivity index (χ1) is 9.09. The van der Waals surface area contributed by atoms with E-state index >= 15 is 0 Å². The molecule has 1 aliphatic heterocycles. The van der Waals surface area contributed by atoms with E-state index in [0.29, 0.717) is 11.1 Å². The van der Waals surface area contributed by atoms with Gasteiger partial charge in [0.1, 0.15) is 0 Å². The molecular formula is C14H9F2NO2. The summed E-state index contributed by atoms with van der Waals surface area (Å²) in [7, 11) is 0. The molecule has 1 atom stereocenters. The van der Waals surface area contributed by atoms with Gasteiger partial charge in [-0.3, -0.25) is 9.69 Å². The van der Waals surface area contributed by atoms with Crippen molar-refractivity contribution in [2.45, 2.75) is 6.23 Å². The van der Waals surface area contributed by atoms with Crippen LogP contribution in [0.4, 0.5) is 14.5 Å². The Hall–Kier alpha value is -2.27. The maximum absolute atomic E-state index is 13.2. The Kier molecular flexibility index (Phi) is 2.57. The Balaban J connectivity index is 2.08. The average Bonchev–Trinajstić information content (AvgIpc) is 2.66. The van der Waals surface area contributed by atoms with Crippen molar-refractivity contribution in [2.24, 2.45) is 0 Å². The summed E-state index contributed by atoms with van der Waals surface area (Å²) < 4.78 is 26.1. The van der Waals surface area contributed by atoms with Crippen LogP contribution >= 0.6 is 0 Å². The molecule has 1 N–H and O–H groups in total. The van der Waals surface area contributed by atoms with Crippen LogP contribution in [-0.4, -0.2) is 11.0 Å². The Morgan fingerprint density at radius 2 is 1.79 bits per heavy atom. The summed E-state index contributed by atoms with van der Waals surface area (Å²) in [5, 5.41) is 10.1. The largest absolute Gasteiger partial charge is 0.369 e. The smallest absolute Gasteiger partial charge is 0.261 e. The normalized spacial score (nSPS) is 17.7. The zero-order valence-corrected chi connectivity index (χ0v) is 9.68. The van der Waals surface area contributed by atoms with Gasteiger partial charge in [0, 0.05) is 17.2 Å². The van der Waals surface area contributed by atoms with Gasteiger partial charge < -0.3 is 5.11 Å². The van der Waals surface area contributed by atoms with Crippen molar-refractivity contribution in [3.8, 4) is 0 Å². The number of hydrogen-bond acceptors (Lipinski definition) is 2. The summed E-state index contributed by atoms with van der Waals surface area (Å²) in [4.78, 5) is 13.2. The van der Waals surface area contributed by atoms with Gasteiger partial charge in [0.25, 0.3) is 5.91 Å². The van der Waals surface area contributed by atoms with Crippen LogP contribution in [0.25, 0.3) is 0 Å². The highest BCUT2D eigenvalue weighted by Crippen LogP contribution is 2.35. The molecule has 0 saturated heterocycles. The van der Waals surface area contributed by atoms with Crippen molar-refractivity contribution in [3.05, 3.63) is 65.2 Å². The van der Waals surface area contributed by atoms with Crippen LogP contribution in [-0.2, 0) is 0 Å². The quantitative estimate of drug-likeness (QED) is 0.857. The summed E-state index contributed by atoms with van der Waals surface area (Å²) in [6.45, 7) is 0. The fourth-order valence-electron chi connectivity index (χ4n) is 2.19. The van der Waals surface area contributed by atoms with Gasteiger partial charge in [-0.05, 0) is 18.2 Å². The Bertz CT molecular complexity index is 672. The highest BCUT2D eigenvalue weighted by Gasteiger charge is 2.36. The number of aliphatic hydroxyl groups excluding tert-OH is 1. The highest BCUT2D eigenvalue weighted by molar-refractivity contribution is 6.10. The van der Waals surface area contributed by atoms with Crippen LogP contribution in [0.5, 0.6) is 0 Å². The van der Waals surface area contributed by atoms with E-state index in [2.05, 4.69) is 0 Å². The second-order valence-electron chi connectivity index (χ2n) is 4.23. The monoisotopic (exact) mass is 261 g/mol. The molecule has 1 aliphatic rings. The standard InChI is InChI=1S/C14H9F2NO2/c15-11-6-5-8(7-12(11)16)17-13(18)9-3-1-2-4-10(9)14(17)19/h1-7,13,18H. The molecule has 0 radical (unpaired) electrons. The molecule has 1 unspecified atom stereocenters. The van der Waals surface area contributed by atoms with Gasteiger partial charge in [-0.15, -0.1) is 0 Å². The van der Waals surface area contributed by atoms with Crippen LogP contribution in [0.15, 0.2) is 42.5 Å². The molecule has 2 aromatic carbocycles. The maximum atomic E-state index is 13.2. The molecular weight excluding hydrogens is 252 g/mol. The number of aliphatic hydroxyl groups is 1. The maximum Gasteiger partial charge on any atom is 0.261 e. The van der Waals surface area contributed by atoms with Crippen LogP contribution in [0, 0.1) is 11.6 Å². The molecule has 3 rings (SSSR count). The zero-order valence-electron chi connectivity index (χ0n) is 9.68. The molecule has 0 aromatic heterocycles. The molecule has 96 valence electrons. The summed E-state index contributed by atoms with van der Waals surface area (Å²) in [6.07, 6.45) is -1.19. The van der Waals surface area contributed by atoms with Crippen molar-refractivity contribution < 1.29 is 18.7 Å². The van der Waals surface area contributed by atoms with Crippen molar-refractivity contribution in [2.75, 3.05) is 4.90 Å². The first-order valence-electron chi connectivity index (χ1n) is 5.65. The first-order valence-corrected chi connectivity index (χ1v) is 5.65. The number of fused-ring (bicyclic) bond motifs is 1. The molecule has 5 heteroatoms. The lowest BCUT2D eigenvalue weighted by Gasteiger charge is -2.20. The number of halogens is 2. The van der Waals surface area contributed by atoms with E-state index < -0.39 is 23.8 Å². The van der Waals surface area contributed by atoms with Gasteiger partial charge in [0.05, 0.1) is 5.69 Å². The third-order valence-electron chi connectivity index (χ3n) is 3.11. The Morgan fingerprint density at radius 3 is 2.47 bits per heavy atom. The molecule has 1 heterocycles. The van der Waals surface area contributed by atoms with Crippen molar-refractivity contribution in [3.63, 3.8) is 0 Å². The summed E-state index contributed by atoms with van der Waals surface area (Å²) in [5.41, 5.74) is 0.935. The predicted octanol–water partition coefficient (Wildman–Crippen LogP) is 2.62. The number of amides is 1. The van der Waals surface area contributed by atoms with Gasteiger partial charge in [-0.1, -0.05) is 18.2 Å². The van der Waals surface area contributed by atoms with Gasteiger partial charge in [0.2, 0.25) is 0 Å².